The topological polar surface area (TPSA) is 175 Å². The summed E-state index contributed by atoms with van der Waals surface area (Å²) in [5.41, 5.74) is 1.51. The van der Waals surface area contributed by atoms with Crippen LogP contribution in [0.4, 0.5) is 0 Å². The van der Waals surface area contributed by atoms with Gasteiger partial charge in [-0.05, 0) is 17.7 Å². The Morgan fingerprint density at radius 3 is 2.06 bits per heavy atom. The highest BCUT2D eigenvalue weighted by atomic mass is 31.2. The van der Waals surface area contributed by atoms with Gasteiger partial charge in [-0.15, -0.1) is 0 Å². The fraction of sp³-hybridized carbons (Fsp3) is 0.286. The van der Waals surface area contributed by atoms with E-state index in [-0.39, 0.29) is 18.7 Å². The maximum absolute atomic E-state index is 13.4. The average molecular weight is 498 g/mol. The first-order chi connectivity index (χ1) is 15.3. The van der Waals surface area contributed by atoms with Gasteiger partial charge in [0.25, 0.3) is 7.37 Å². The van der Waals surface area contributed by atoms with Crippen LogP contribution in [0.15, 0.2) is 48.5 Å². The summed E-state index contributed by atoms with van der Waals surface area (Å²) in [7, 11) is -6.65. The van der Waals surface area contributed by atoms with E-state index in [1.54, 1.807) is 36.4 Å². The van der Waals surface area contributed by atoms with Gasteiger partial charge in [-0.1, -0.05) is 36.4 Å². The summed E-state index contributed by atoms with van der Waals surface area (Å²) in [5.74, 6) is -4.45. The second-order valence-electron chi connectivity index (χ2n) is 7.51. The molecule has 12 heteroatoms. The summed E-state index contributed by atoms with van der Waals surface area (Å²) < 4.78 is 29.6. The number of para-hydroxylation sites is 1. The molecule has 3 rings (SSSR count). The lowest BCUT2D eigenvalue weighted by Gasteiger charge is -2.29. The summed E-state index contributed by atoms with van der Waals surface area (Å²) in [6, 6.07) is 14.0. The van der Waals surface area contributed by atoms with Crippen LogP contribution in [-0.2, 0) is 23.5 Å². The molecular formula is C21H24O10P2. The van der Waals surface area contributed by atoms with Crippen molar-refractivity contribution in [2.75, 3.05) is 19.0 Å². The lowest BCUT2D eigenvalue weighted by molar-refractivity contribution is -0.147. The zero-order valence-electron chi connectivity index (χ0n) is 17.7. The molecule has 178 valence electrons. The van der Waals surface area contributed by atoms with Gasteiger partial charge in [0, 0.05) is 18.4 Å². The Hall–Kier alpha value is -2.93. The second kappa shape index (κ2) is 10.8. The fourth-order valence-electron chi connectivity index (χ4n) is 3.14. The van der Waals surface area contributed by atoms with Crippen LogP contribution in [0.25, 0.3) is 11.1 Å². The quantitative estimate of drug-likeness (QED) is 0.396. The maximum atomic E-state index is 13.4. The number of rotatable bonds is 8. The summed E-state index contributed by atoms with van der Waals surface area (Å²) in [5, 5.41) is 26.7. The van der Waals surface area contributed by atoms with Gasteiger partial charge in [0.2, 0.25) is 0 Å². The Kier molecular flexibility index (Phi) is 8.61. The molecule has 1 aliphatic heterocycles. The Labute approximate surface area is 189 Å². The number of fused-ring (bicyclic) bond motifs is 3. The van der Waals surface area contributed by atoms with E-state index in [9.17, 15) is 28.6 Å². The second-order valence-corrected chi connectivity index (χ2v) is 12.4. The van der Waals surface area contributed by atoms with E-state index >= 15 is 0 Å². The van der Waals surface area contributed by atoms with Crippen molar-refractivity contribution in [2.24, 2.45) is 5.92 Å². The van der Waals surface area contributed by atoms with Crippen LogP contribution < -0.4 is 9.83 Å². The Balaban J connectivity index is 0.000000365. The van der Waals surface area contributed by atoms with Gasteiger partial charge in [-0.25, -0.2) is 0 Å². The first-order valence-corrected chi connectivity index (χ1v) is 13.9. The molecule has 1 aliphatic rings. The number of carboxylic acids is 3. The van der Waals surface area contributed by atoms with Crippen LogP contribution in [0, 0.1) is 5.92 Å². The highest BCUT2D eigenvalue weighted by molar-refractivity contribution is 7.67. The van der Waals surface area contributed by atoms with Crippen LogP contribution in [0.3, 0.4) is 0 Å². The van der Waals surface area contributed by atoms with Crippen molar-refractivity contribution >= 4 is 38.0 Å². The lowest BCUT2D eigenvalue weighted by Crippen LogP contribution is -2.28. The van der Waals surface area contributed by atoms with Crippen LogP contribution in [0.1, 0.15) is 12.8 Å². The van der Waals surface area contributed by atoms with E-state index < -0.39 is 45.0 Å². The van der Waals surface area contributed by atoms with Crippen molar-refractivity contribution < 1.29 is 48.3 Å². The largest absolute Gasteiger partial charge is 0.481 e. The first kappa shape index (κ1) is 26.3. The Morgan fingerprint density at radius 1 is 0.970 bits per heavy atom. The smallest absolute Gasteiger partial charge is 0.307 e. The number of carbonyl (C=O) groups is 3. The first-order valence-electron chi connectivity index (χ1n) is 9.76. The van der Waals surface area contributed by atoms with Crippen LogP contribution in [0.2, 0.25) is 0 Å². The third kappa shape index (κ3) is 7.56. The molecule has 33 heavy (non-hydrogen) atoms. The molecule has 0 fully saturated rings. The van der Waals surface area contributed by atoms with Gasteiger partial charge >= 0.3 is 17.9 Å². The molecule has 2 aromatic carbocycles. The molecule has 2 aromatic rings. The molecule has 0 saturated carbocycles. The molecule has 0 spiro atoms. The van der Waals surface area contributed by atoms with E-state index in [0.717, 1.165) is 17.8 Å². The molecule has 0 radical (unpaired) electrons. The SMILES string of the molecule is CP(=O)(O)CCC(=O)O.O=C(O)CC(CP1(=O)Oc2ccccc2-c2ccccc21)C(=O)O. The maximum Gasteiger partial charge on any atom is 0.307 e. The number of carboxylic acid groups (broad SMARTS) is 3. The molecule has 4 N–H and O–H groups in total. The van der Waals surface area contributed by atoms with Gasteiger partial charge in [0.1, 0.15) is 5.75 Å². The molecule has 0 bridgehead atoms. The van der Waals surface area contributed by atoms with Crippen molar-refractivity contribution in [2.45, 2.75) is 12.8 Å². The van der Waals surface area contributed by atoms with Crippen LogP contribution in [0.5, 0.6) is 5.75 Å². The minimum atomic E-state index is -3.55. The van der Waals surface area contributed by atoms with Crippen molar-refractivity contribution in [3.8, 4) is 16.9 Å². The number of aliphatic carboxylic acids is 3. The van der Waals surface area contributed by atoms with Gasteiger partial charge in [0.05, 0.1) is 30.2 Å². The molecule has 3 unspecified atom stereocenters. The minimum absolute atomic E-state index is 0.137. The van der Waals surface area contributed by atoms with Gasteiger partial charge in [-0.2, -0.15) is 0 Å². The average Bonchev–Trinajstić information content (AvgIpc) is 2.72. The highest BCUT2D eigenvalue weighted by Crippen LogP contribution is 2.55. The van der Waals surface area contributed by atoms with E-state index in [0.29, 0.717) is 11.1 Å². The van der Waals surface area contributed by atoms with E-state index in [2.05, 4.69) is 0 Å². The monoisotopic (exact) mass is 498 g/mol. The van der Waals surface area contributed by atoms with E-state index in [1.165, 1.54) is 0 Å². The minimum Gasteiger partial charge on any atom is -0.481 e. The Morgan fingerprint density at radius 2 is 1.55 bits per heavy atom. The summed E-state index contributed by atoms with van der Waals surface area (Å²) in [6.07, 6.45) is -1.33. The van der Waals surface area contributed by atoms with Gasteiger partial charge < -0.3 is 24.7 Å². The van der Waals surface area contributed by atoms with Crippen LogP contribution in [-0.4, -0.2) is 57.1 Å². The third-order valence-corrected chi connectivity index (χ3v) is 8.26. The van der Waals surface area contributed by atoms with Crippen molar-refractivity contribution in [1.82, 2.24) is 0 Å². The molecular weight excluding hydrogens is 474 g/mol. The van der Waals surface area contributed by atoms with Crippen LogP contribution >= 0.6 is 14.7 Å². The summed E-state index contributed by atoms with van der Waals surface area (Å²) in [4.78, 5) is 40.7. The highest BCUT2D eigenvalue weighted by Gasteiger charge is 2.40. The predicted molar refractivity (Wildman–Crippen MR) is 121 cm³/mol. The van der Waals surface area contributed by atoms with Gasteiger partial charge in [-0.3, -0.25) is 23.5 Å². The number of hydrogen-bond donors (Lipinski definition) is 4. The van der Waals surface area contributed by atoms with Gasteiger partial charge in [0.15, 0.2) is 7.37 Å². The molecule has 0 amide bonds. The normalized spacial score (nSPS) is 18.7. The molecule has 1 heterocycles. The summed E-state index contributed by atoms with van der Waals surface area (Å²) >= 11 is 0. The van der Waals surface area contributed by atoms with Crippen molar-refractivity contribution in [3.63, 3.8) is 0 Å². The fourth-order valence-corrected chi connectivity index (χ4v) is 6.34. The lowest BCUT2D eigenvalue weighted by atomic mass is 10.0. The zero-order chi connectivity index (χ0) is 24.8. The van der Waals surface area contributed by atoms with Crippen molar-refractivity contribution in [3.05, 3.63) is 48.5 Å². The molecule has 0 aromatic heterocycles. The summed E-state index contributed by atoms with van der Waals surface area (Å²) in [6.45, 7) is 1.15. The number of hydrogen-bond acceptors (Lipinski definition) is 6. The van der Waals surface area contributed by atoms with E-state index in [1.807, 2.05) is 12.1 Å². The van der Waals surface area contributed by atoms with E-state index in [4.69, 9.17) is 19.6 Å². The Bertz CT molecular complexity index is 1140. The third-order valence-electron chi connectivity index (χ3n) is 4.67. The molecule has 0 saturated heterocycles. The molecule has 3 atom stereocenters. The number of benzene rings is 2. The zero-order valence-corrected chi connectivity index (χ0v) is 19.4. The standard InChI is InChI=1S/C17H15O6P.C4H9O4P/c18-16(19)9-11(17(20)21)10-24(22)15-8-4-2-6-13(15)12-5-1-3-7-14(12)23-24;1-9(7,8)3-2-4(5)6/h1-8,11H,9-10H2,(H,18,19)(H,20,21);2-3H2,1H3,(H,5,6)(H,7,8). The molecule has 10 nitrogen and oxygen atoms in total. The molecule has 0 aliphatic carbocycles. The van der Waals surface area contributed by atoms with Crippen molar-refractivity contribution in [1.29, 1.82) is 0 Å². The predicted octanol–water partition coefficient (Wildman–Crippen LogP) is 3.19.